The molecule has 3 unspecified atom stereocenters. The predicted molar refractivity (Wildman–Crippen MR) is 82.5 cm³/mol. The van der Waals surface area contributed by atoms with Gasteiger partial charge in [-0.1, -0.05) is 53.4 Å². The first-order chi connectivity index (χ1) is 8.65. The van der Waals surface area contributed by atoms with E-state index in [1.54, 1.807) is 0 Å². The second kappa shape index (κ2) is 10.8. The van der Waals surface area contributed by atoms with Crippen LogP contribution in [0.2, 0.25) is 0 Å². The summed E-state index contributed by atoms with van der Waals surface area (Å²) in [5.41, 5.74) is 11.6. The molecule has 0 aromatic heterocycles. The van der Waals surface area contributed by atoms with Crippen molar-refractivity contribution in [3.63, 3.8) is 0 Å². The molecule has 2 nitrogen and oxygen atoms in total. The SMILES string of the molecule is CCCC(C)C(C(CC)CCN)C(CC)CCN. The zero-order valence-electron chi connectivity index (χ0n) is 13.1. The van der Waals surface area contributed by atoms with Crippen LogP contribution in [-0.4, -0.2) is 13.1 Å². The van der Waals surface area contributed by atoms with Crippen LogP contribution in [0, 0.1) is 23.7 Å². The highest BCUT2D eigenvalue weighted by atomic mass is 14.5. The van der Waals surface area contributed by atoms with Gasteiger partial charge in [0.2, 0.25) is 0 Å². The lowest BCUT2D eigenvalue weighted by Gasteiger charge is -2.37. The molecule has 0 bridgehead atoms. The summed E-state index contributed by atoms with van der Waals surface area (Å²) < 4.78 is 0. The quantitative estimate of drug-likeness (QED) is 0.591. The highest BCUT2D eigenvalue weighted by molar-refractivity contribution is 4.81. The Hall–Kier alpha value is -0.0800. The summed E-state index contributed by atoms with van der Waals surface area (Å²) in [6.45, 7) is 11.0. The number of hydrogen-bond acceptors (Lipinski definition) is 2. The van der Waals surface area contributed by atoms with Crippen molar-refractivity contribution in [1.82, 2.24) is 0 Å². The van der Waals surface area contributed by atoms with Gasteiger partial charge >= 0.3 is 0 Å². The number of nitrogens with two attached hydrogens (primary N) is 2. The van der Waals surface area contributed by atoms with Crippen LogP contribution in [-0.2, 0) is 0 Å². The third-order valence-corrected chi connectivity index (χ3v) is 4.61. The molecule has 0 aliphatic carbocycles. The van der Waals surface area contributed by atoms with Gasteiger partial charge in [-0.05, 0) is 49.6 Å². The van der Waals surface area contributed by atoms with Crippen molar-refractivity contribution in [3.8, 4) is 0 Å². The van der Waals surface area contributed by atoms with E-state index in [4.69, 9.17) is 11.5 Å². The molecular formula is C16H36N2. The lowest BCUT2D eigenvalue weighted by atomic mass is 9.68. The minimum Gasteiger partial charge on any atom is -0.330 e. The summed E-state index contributed by atoms with van der Waals surface area (Å²) in [7, 11) is 0. The Bertz CT molecular complexity index is 168. The molecule has 0 aliphatic rings. The molecule has 0 aliphatic heterocycles. The van der Waals surface area contributed by atoms with Crippen LogP contribution in [0.15, 0.2) is 0 Å². The molecule has 0 aromatic rings. The zero-order valence-corrected chi connectivity index (χ0v) is 13.1. The largest absolute Gasteiger partial charge is 0.330 e. The topological polar surface area (TPSA) is 52.0 Å². The van der Waals surface area contributed by atoms with Crippen LogP contribution in [0.1, 0.15) is 66.2 Å². The van der Waals surface area contributed by atoms with E-state index in [1.165, 1.54) is 38.5 Å². The van der Waals surface area contributed by atoms with Gasteiger partial charge in [0, 0.05) is 0 Å². The Kier molecular flexibility index (Phi) is 10.8. The smallest absolute Gasteiger partial charge is 0.00745 e. The summed E-state index contributed by atoms with van der Waals surface area (Å²) in [5, 5.41) is 0. The highest BCUT2D eigenvalue weighted by Gasteiger charge is 2.30. The zero-order chi connectivity index (χ0) is 14.0. The molecule has 0 amide bonds. The van der Waals surface area contributed by atoms with Gasteiger partial charge in [0.25, 0.3) is 0 Å². The minimum atomic E-state index is 0.785. The average Bonchev–Trinajstić information content (AvgIpc) is 2.37. The van der Waals surface area contributed by atoms with E-state index in [0.717, 1.165) is 36.8 Å². The van der Waals surface area contributed by atoms with Crippen LogP contribution >= 0.6 is 0 Å². The molecule has 0 radical (unpaired) electrons. The van der Waals surface area contributed by atoms with E-state index in [-0.39, 0.29) is 0 Å². The Morgan fingerprint density at radius 2 is 1.22 bits per heavy atom. The first-order valence-electron chi connectivity index (χ1n) is 8.06. The fourth-order valence-electron chi connectivity index (χ4n) is 3.73. The second-order valence-corrected chi connectivity index (χ2v) is 5.83. The van der Waals surface area contributed by atoms with E-state index in [1.807, 2.05) is 0 Å². The maximum atomic E-state index is 5.81. The van der Waals surface area contributed by atoms with Crippen LogP contribution < -0.4 is 11.5 Å². The van der Waals surface area contributed by atoms with E-state index >= 15 is 0 Å². The highest BCUT2D eigenvalue weighted by Crippen LogP contribution is 2.38. The number of rotatable bonds is 11. The van der Waals surface area contributed by atoms with Crippen molar-refractivity contribution in [2.45, 2.75) is 66.2 Å². The molecular weight excluding hydrogens is 220 g/mol. The van der Waals surface area contributed by atoms with Gasteiger partial charge in [-0.3, -0.25) is 0 Å². The molecule has 110 valence electrons. The molecule has 0 fully saturated rings. The van der Waals surface area contributed by atoms with Crippen LogP contribution in [0.25, 0.3) is 0 Å². The van der Waals surface area contributed by atoms with Crippen molar-refractivity contribution in [1.29, 1.82) is 0 Å². The van der Waals surface area contributed by atoms with Crippen LogP contribution in [0.4, 0.5) is 0 Å². The average molecular weight is 256 g/mol. The summed E-state index contributed by atoms with van der Waals surface area (Å²) in [6.07, 6.45) is 7.50. The molecule has 0 saturated carbocycles. The van der Waals surface area contributed by atoms with Crippen molar-refractivity contribution in [3.05, 3.63) is 0 Å². The van der Waals surface area contributed by atoms with Gasteiger partial charge in [-0.15, -0.1) is 0 Å². The van der Waals surface area contributed by atoms with Crippen LogP contribution in [0.3, 0.4) is 0 Å². The molecule has 0 saturated heterocycles. The molecule has 0 spiro atoms. The van der Waals surface area contributed by atoms with Crippen LogP contribution in [0.5, 0.6) is 0 Å². The van der Waals surface area contributed by atoms with Gasteiger partial charge < -0.3 is 11.5 Å². The summed E-state index contributed by atoms with van der Waals surface area (Å²) in [4.78, 5) is 0. The molecule has 2 heteroatoms. The van der Waals surface area contributed by atoms with E-state index < -0.39 is 0 Å². The minimum absolute atomic E-state index is 0.785. The normalized spacial score (nSPS) is 18.3. The Morgan fingerprint density at radius 1 is 0.778 bits per heavy atom. The molecule has 0 rings (SSSR count). The molecule has 18 heavy (non-hydrogen) atoms. The molecule has 4 N–H and O–H groups in total. The van der Waals surface area contributed by atoms with Crippen molar-refractivity contribution in [2.24, 2.45) is 35.1 Å². The van der Waals surface area contributed by atoms with Gasteiger partial charge in [0.1, 0.15) is 0 Å². The Morgan fingerprint density at radius 3 is 1.50 bits per heavy atom. The van der Waals surface area contributed by atoms with Gasteiger partial charge in [0.05, 0.1) is 0 Å². The van der Waals surface area contributed by atoms with E-state index in [2.05, 4.69) is 27.7 Å². The van der Waals surface area contributed by atoms with Crippen molar-refractivity contribution >= 4 is 0 Å². The summed E-state index contributed by atoms with van der Waals surface area (Å²) in [5.74, 6) is 3.19. The summed E-state index contributed by atoms with van der Waals surface area (Å²) >= 11 is 0. The maximum absolute atomic E-state index is 5.81. The second-order valence-electron chi connectivity index (χ2n) is 5.83. The monoisotopic (exact) mass is 256 g/mol. The molecule has 0 aromatic carbocycles. The lowest BCUT2D eigenvalue weighted by Crippen LogP contribution is -2.32. The van der Waals surface area contributed by atoms with E-state index in [0.29, 0.717) is 0 Å². The molecule has 3 atom stereocenters. The summed E-state index contributed by atoms with van der Waals surface area (Å²) in [6, 6.07) is 0. The van der Waals surface area contributed by atoms with Gasteiger partial charge in [-0.25, -0.2) is 0 Å². The lowest BCUT2D eigenvalue weighted by molar-refractivity contribution is 0.126. The molecule has 0 heterocycles. The third kappa shape index (κ3) is 5.71. The fraction of sp³-hybridized carbons (Fsp3) is 1.00. The maximum Gasteiger partial charge on any atom is -0.00745 e. The van der Waals surface area contributed by atoms with E-state index in [9.17, 15) is 0 Å². The standard InChI is InChI=1S/C16H36N2/c1-5-8-13(4)16(14(6-2)9-11-17)15(7-3)10-12-18/h13-16H,5-12,17-18H2,1-4H3. The first kappa shape index (κ1) is 17.9. The van der Waals surface area contributed by atoms with Gasteiger partial charge in [0.15, 0.2) is 0 Å². The fourth-order valence-corrected chi connectivity index (χ4v) is 3.73. The first-order valence-corrected chi connectivity index (χ1v) is 8.06. The predicted octanol–water partition coefficient (Wildman–Crippen LogP) is 3.79. The van der Waals surface area contributed by atoms with Crippen molar-refractivity contribution in [2.75, 3.05) is 13.1 Å². The van der Waals surface area contributed by atoms with Crippen molar-refractivity contribution < 1.29 is 0 Å². The Labute approximate surface area is 115 Å². The Balaban J connectivity index is 4.85. The van der Waals surface area contributed by atoms with Gasteiger partial charge in [-0.2, -0.15) is 0 Å². The third-order valence-electron chi connectivity index (χ3n) is 4.61. The number of hydrogen-bond donors (Lipinski definition) is 2.